The number of rotatable bonds is 31. The lowest BCUT2D eigenvalue weighted by Gasteiger charge is -2.59. The van der Waals surface area contributed by atoms with Crippen molar-refractivity contribution in [2.75, 3.05) is 33.0 Å². The van der Waals surface area contributed by atoms with Crippen LogP contribution in [0.25, 0.3) is 0 Å². The first kappa shape index (κ1) is 56.5. The second-order valence-electron chi connectivity index (χ2n) is 19.4. The minimum absolute atomic E-state index is 0.00632. The van der Waals surface area contributed by atoms with Crippen molar-refractivity contribution in [2.45, 2.75) is 154 Å². The summed E-state index contributed by atoms with van der Waals surface area (Å²) < 4.78 is 41.0. The van der Waals surface area contributed by atoms with E-state index < -0.39 is 46.6 Å². The van der Waals surface area contributed by atoms with E-state index in [0.717, 1.165) is 36.8 Å². The molecular weight excluding hydrogens is 936 g/mol. The smallest absolute Gasteiger partial charge is 0.412 e. The van der Waals surface area contributed by atoms with Crippen LogP contribution in [-0.4, -0.2) is 82.7 Å². The molecular formula is C57H77FN4O11. The summed E-state index contributed by atoms with van der Waals surface area (Å²) >= 11 is 0. The van der Waals surface area contributed by atoms with Crippen LogP contribution >= 0.6 is 0 Å². The van der Waals surface area contributed by atoms with Crippen LogP contribution in [0.4, 0.5) is 19.7 Å². The molecule has 0 unspecified atom stereocenters. The number of unbranched alkanes of at least 4 members (excludes halogenated alkanes) is 11. The third kappa shape index (κ3) is 15.4. The van der Waals surface area contributed by atoms with Crippen molar-refractivity contribution in [1.82, 2.24) is 10.2 Å². The number of nitrogens with one attached hydrogen (secondary N) is 1. The number of allylic oxidation sites excluding steroid dienone is 1. The fourth-order valence-corrected chi connectivity index (χ4v) is 10.8. The maximum Gasteiger partial charge on any atom is 0.412 e. The molecule has 1 aliphatic heterocycles. The van der Waals surface area contributed by atoms with Gasteiger partial charge < -0.3 is 39.3 Å². The van der Waals surface area contributed by atoms with Crippen molar-refractivity contribution in [1.29, 1.82) is 0 Å². The summed E-state index contributed by atoms with van der Waals surface area (Å²) in [7, 11) is 0. The number of nitro benzene ring substituents is 1. The third-order valence-corrected chi connectivity index (χ3v) is 14.3. The Balaban J connectivity index is 1.48. The molecule has 73 heavy (non-hydrogen) atoms. The van der Waals surface area contributed by atoms with Crippen molar-refractivity contribution in [3.05, 3.63) is 124 Å². The number of nitro groups is 1. The first-order valence-electron chi connectivity index (χ1n) is 26.6. The Kier molecular flexibility index (Phi) is 22.5. The monoisotopic (exact) mass is 1010 g/mol. The highest BCUT2D eigenvalue weighted by molar-refractivity contribution is 6.03. The number of hydrogen-bond acceptors (Lipinski definition) is 12. The molecule has 3 aromatic carbocycles. The number of carbonyl (C=O) groups excluding carboxylic acids is 2. The summed E-state index contributed by atoms with van der Waals surface area (Å²) in [6, 6.07) is 16.3. The zero-order chi connectivity index (χ0) is 52.0. The predicted octanol–water partition coefficient (Wildman–Crippen LogP) is 12.2. The number of hydrogen-bond donors (Lipinski definition) is 3. The lowest BCUT2D eigenvalue weighted by Crippen LogP contribution is -2.70. The van der Waals surface area contributed by atoms with Crippen LogP contribution < -0.4 is 14.8 Å². The Hall–Kier alpha value is -5.84. The van der Waals surface area contributed by atoms with Crippen molar-refractivity contribution in [3.63, 3.8) is 0 Å². The van der Waals surface area contributed by atoms with E-state index >= 15 is 4.79 Å². The molecule has 6 atom stereocenters. The number of nitrogens with zero attached hydrogens (tertiary/aromatic N) is 3. The van der Waals surface area contributed by atoms with E-state index in [2.05, 4.69) is 24.9 Å². The zero-order valence-electron chi connectivity index (χ0n) is 42.9. The van der Waals surface area contributed by atoms with Gasteiger partial charge in [-0.05, 0) is 110 Å². The normalized spacial score (nSPS) is 21.2. The second kappa shape index (κ2) is 29.2. The van der Waals surface area contributed by atoms with Gasteiger partial charge in [-0.3, -0.25) is 15.0 Å². The van der Waals surface area contributed by atoms with E-state index in [1.807, 2.05) is 6.07 Å². The summed E-state index contributed by atoms with van der Waals surface area (Å²) in [6.45, 7) is 8.64. The summed E-state index contributed by atoms with van der Waals surface area (Å²) in [4.78, 5) is 46.7. The predicted molar refractivity (Wildman–Crippen MR) is 278 cm³/mol. The fraction of sp³-hybridized carbons (Fsp3) is 0.561. The molecule has 0 aromatic heterocycles. The summed E-state index contributed by atoms with van der Waals surface area (Å²) in [6.07, 6.45) is 17.8. The first-order valence-corrected chi connectivity index (χ1v) is 26.6. The number of aliphatic hydroxyl groups excluding tert-OH is 2. The van der Waals surface area contributed by atoms with Crippen molar-refractivity contribution >= 4 is 23.6 Å². The highest BCUT2D eigenvalue weighted by Gasteiger charge is 2.65. The topological polar surface area (TPSA) is 192 Å². The van der Waals surface area contributed by atoms with E-state index in [1.54, 1.807) is 54.3 Å². The van der Waals surface area contributed by atoms with Crippen molar-refractivity contribution in [3.8, 4) is 11.5 Å². The molecule has 3 N–H and O–H groups in total. The second-order valence-corrected chi connectivity index (χ2v) is 19.4. The van der Waals surface area contributed by atoms with Gasteiger partial charge >= 0.3 is 12.2 Å². The molecule has 1 heterocycles. The number of non-ortho nitro benzene ring substituents is 1. The van der Waals surface area contributed by atoms with Crippen LogP contribution in [0.2, 0.25) is 0 Å². The van der Waals surface area contributed by atoms with Gasteiger partial charge in [-0.15, -0.1) is 6.58 Å². The Morgan fingerprint density at radius 1 is 0.904 bits per heavy atom. The molecule has 6 rings (SSSR count). The number of ether oxygens (including phenoxy) is 4. The lowest BCUT2D eigenvalue weighted by molar-refractivity contribution is -0.384. The number of carbonyl (C=O) groups is 2. The SMILES string of the molecule is C=CCO[C@@]12Oc3ccc(OC(=O)NCC)cc3[C@H]3[C@H](CCCCO)[C@@H](CCCCO)C=C(C(=NOCc4ccc([N+](=O)[O-])cc4)C[C@@H]1N(Cc1ccc(F)cc1)C(=O)OCCCCCCCCCCCC)[C@H]32. The van der Waals surface area contributed by atoms with Gasteiger partial charge in [-0.1, -0.05) is 107 Å². The van der Waals surface area contributed by atoms with Crippen LogP contribution in [0, 0.1) is 33.7 Å². The molecule has 16 heteroatoms. The van der Waals surface area contributed by atoms with Gasteiger partial charge in [0.1, 0.15) is 30.0 Å². The van der Waals surface area contributed by atoms with E-state index in [1.165, 1.54) is 62.8 Å². The van der Waals surface area contributed by atoms with Crippen molar-refractivity contribution in [2.24, 2.45) is 22.9 Å². The van der Waals surface area contributed by atoms with Gasteiger partial charge in [0.2, 0.25) is 5.79 Å². The number of amides is 2. The molecule has 0 saturated heterocycles. The largest absolute Gasteiger partial charge is 0.459 e. The molecule has 2 aliphatic carbocycles. The van der Waals surface area contributed by atoms with Crippen LogP contribution in [0.5, 0.6) is 11.5 Å². The summed E-state index contributed by atoms with van der Waals surface area (Å²) in [5, 5.41) is 39.0. The minimum atomic E-state index is -1.63. The molecule has 3 aliphatic rings. The van der Waals surface area contributed by atoms with Gasteiger partial charge in [0.05, 0.1) is 29.8 Å². The van der Waals surface area contributed by atoms with Crippen LogP contribution in [0.3, 0.4) is 0 Å². The first-order chi connectivity index (χ1) is 35.6. The van der Waals surface area contributed by atoms with Gasteiger partial charge in [0, 0.05) is 56.3 Å². The zero-order valence-corrected chi connectivity index (χ0v) is 42.9. The van der Waals surface area contributed by atoms with E-state index in [-0.39, 0.29) is 63.5 Å². The molecule has 3 aromatic rings. The number of benzene rings is 3. The molecule has 2 amide bonds. The molecule has 0 spiro atoms. The van der Waals surface area contributed by atoms with Gasteiger partial charge in [-0.2, -0.15) is 0 Å². The van der Waals surface area contributed by atoms with Crippen molar-refractivity contribution < 1.29 is 52.9 Å². The van der Waals surface area contributed by atoms with E-state index in [9.17, 15) is 29.5 Å². The molecule has 398 valence electrons. The van der Waals surface area contributed by atoms with E-state index in [4.69, 9.17) is 28.9 Å². The average Bonchev–Trinajstić information content (AvgIpc) is 3.38. The van der Waals surface area contributed by atoms with Crippen LogP contribution in [-0.2, 0) is 27.5 Å². The molecule has 0 radical (unpaired) electrons. The minimum Gasteiger partial charge on any atom is -0.459 e. The van der Waals surface area contributed by atoms with Crippen LogP contribution in [0.15, 0.2) is 96.2 Å². The standard InChI is InChI=1S/C57H77FN4O11/c1-4-7-8-9-10-11-12-13-14-19-35-69-56(66)61(39-41-22-26-44(58)27-23-41)52-38-50(60-71-40-42-24-28-45(29-25-42)62(67)68)48-36-43(20-15-17-32-63)47(21-16-18-33-64)53-49-37-46(72-55(65)59-6-3)30-31-51(49)73-57(52,54(48)53)70-34-5-2/h5,22-31,36-37,43,47,52-54,63-64H,2,4,6-21,32-35,38-40H2,1,3H3,(H,59,65)/t43-,47+,52-,53+,54+,57+/m0/s1. The van der Waals surface area contributed by atoms with Gasteiger partial charge in [-0.25, -0.2) is 14.0 Å². The maximum atomic E-state index is 15.0. The van der Waals surface area contributed by atoms with Gasteiger partial charge in [0.15, 0.2) is 0 Å². The molecule has 0 bridgehead atoms. The summed E-state index contributed by atoms with van der Waals surface area (Å²) in [5.74, 6) is -2.56. The number of oxime groups is 1. The van der Waals surface area contributed by atoms with Gasteiger partial charge in [0.25, 0.3) is 5.69 Å². The highest BCUT2D eigenvalue weighted by Crippen LogP contribution is 2.62. The number of fused-ring (bicyclic) bond motifs is 2. The number of halogens is 1. The Morgan fingerprint density at radius 2 is 1.58 bits per heavy atom. The Morgan fingerprint density at radius 3 is 2.23 bits per heavy atom. The highest BCUT2D eigenvalue weighted by atomic mass is 19.1. The molecule has 15 nitrogen and oxygen atoms in total. The third-order valence-electron chi connectivity index (χ3n) is 14.3. The number of aliphatic hydroxyl groups is 2. The Labute approximate surface area is 430 Å². The summed E-state index contributed by atoms with van der Waals surface area (Å²) in [5.41, 5.74) is 3.29. The van der Waals surface area contributed by atoms with E-state index in [0.29, 0.717) is 73.4 Å². The maximum absolute atomic E-state index is 15.0. The lowest BCUT2D eigenvalue weighted by atomic mass is 9.55. The average molecular weight is 1010 g/mol. The molecule has 1 fully saturated rings. The van der Waals surface area contributed by atoms with Crippen LogP contribution in [0.1, 0.15) is 146 Å². The fourth-order valence-electron chi connectivity index (χ4n) is 10.8. The molecule has 1 saturated carbocycles. The quantitative estimate of drug-likeness (QED) is 0.0240. The Bertz CT molecular complexity index is 2290.